The molecule has 1 aromatic carbocycles. The van der Waals surface area contributed by atoms with Gasteiger partial charge in [0.1, 0.15) is 0 Å². The molecular formula is C14H12N4O3S. The monoisotopic (exact) mass is 316 g/mol. The highest BCUT2D eigenvalue weighted by Crippen LogP contribution is 2.24. The lowest BCUT2D eigenvalue weighted by Gasteiger charge is -1.99. The van der Waals surface area contributed by atoms with Crippen LogP contribution in [0.3, 0.4) is 0 Å². The lowest BCUT2D eigenvalue weighted by Crippen LogP contribution is -2.08. The number of carbonyl (C=O) groups is 1. The molecule has 2 aromatic heterocycles. The number of thiol groups is 1. The van der Waals surface area contributed by atoms with E-state index in [0.717, 1.165) is 11.1 Å². The minimum Gasteiger partial charge on any atom is -0.408 e. The second-order valence-electron chi connectivity index (χ2n) is 4.69. The summed E-state index contributed by atoms with van der Waals surface area (Å²) in [5.74, 6) is -1.01. The van der Waals surface area contributed by atoms with Crippen molar-refractivity contribution in [3.05, 3.63) is 47.2 Å². The van der Waals surface area contributed by atoms with Crippen LogP contribution in [0, 0.1) is 0 Å². The molecule has 0 aliphatic heterocycles. The fraction of sp³-hybridized carbons (Fsp3) is 0.0714. The van der Waals surface area contributed by atoms with Crippen LogP contribution < -0.4 is 11.5 Å². The molecule has 0 aliphatic rings. The Morgan fingerprint density at radius 2 is 2.18 bits per heavy atom. The van der Waals surface area contributed by atoms with E-state index in [1.165, 1.54) is 15.3 Å². The smallest absolute Gasteiger partial charge is 0.408 e. The molecule has 0 atom stereocenters. The van der Waals surface area contributed by atoms with Gasteiger partial charge in [0.15, 0.2) is 5.58 Å². The van der Waals surface area contributed by atoms with E-state index >= 15 is 0 Å². The van der Waals surface area contributed by atoms with Gasteiger partial charge in [0.2, 0.25) is 5.91 Å². The fourth-order valence-electron chi connectivity index (χ4n) is 2.10. The van der Waals surface area contributed by atoms with Crippen molar-refractivity contribution in [3.63, 3.8) is 0 Å². The minimum absolute atomic E-state index is 0.311. The summed E-state index contributed by atoms with van der Waals surface area (Å²) in [6, 6.07) is 5.41. The molecule has 1 amide bonds. The molecule has 0 aliphatic carbocycles. The SMILES string of the molecule is Cn1c(=O)oc2cc(-c3cnn(/C(S)=C/C(N)=O)c3)ccc21. The number of amides is 1. The molecule has 2 heterocycles. The number of benzene rings is 1. The second-order valence-corrected chi connectivity index (χ2v) is 5.15. The molecule has 3 rings (SSSR count). The molecule has 0 saturated carbocycles. The van der Waals surface area contributed by atoms with Crippen molar-refractivity contribution in [2.24, 2.45) is 12.8 Å². The highest BCUT2D eigenvalue weighted by molar-refractivity contribution is 7.90. The number of nitrogens with two attached hydrogens (primary N) is 1. The quantitative estimate of drug-likeness (QED) is 0.561. The Hall–Kier alpha value is -2.74. The molecular weight excluding hydrogens is 304 g/mol. The molecule has 22 heavy (non-hydrogen) atoms. The predicted molar refractivity (Wildman–Crippen MR) is 85.1 cm³/mol. The van der Waals surface area contributed by atoms with Gasteiger partial charge < -0.3 is 10.2 Å². The van der Waals surface area contributed by atoms with Crippen LogP contribution in [0.1, 0.15) is 0 Å². The number of oxazole rings is 1. The van der Waals surface area contributed by atoms with Crippen LogP contribution in [-0.4, -0.2) is 20.3 Å². The van der Waals surface area contributed by atoms with Crippen molar-refractivity contribution in [1.29, 1.82) is 0 Å². The third-order valence-corrected chi connectivity index (χ3v) is 3.55. The van der Waals surface area contributed by atoms with E-state index in [-0.39, 0.29) is 0 Å². The highest BCUT2D eigenvalue weighted by Gasteiger charge is 2.09. The lowest BCUT2D eigenvalue weighted by molar-refractivity contribution is -0.113. The van der Waals surface area contributed by atoms with Crippen LogP contribution in [0.15, 0.2) is 45.9 Å². The molecule has 112 valence electrons. The van der Waals surface area contributed by atoms with Gasteiger partial charge in [-0.05, 0) is 17.7 Å². The Morgan fingerprint density at radius 1 is 1.41 bits per heavy atom. The molecule has 0 radical (unpaired) electrons. The van der Waals surface area contributed by atoms with Crippen LogP contribution in [0.2, 0.25) is 0 Å². The Labute approximate surface area is 130 Å². The van der Waals surface area contributed by atoms with Gasteiger partial charge >= 0.3 is 5.76 Å². The van der Waals surface area contributed by atoms with E-state index < -0.39 is 11.7 Å². The molecule has 8 heteroatoms. The summed E-state index contributed by atoms with van der Waals surface area (Å²) in [5, 5.41) is 4.43. The maximum atomic E-state index is 11.5. The normalized spacial score (nSPS) is 12.0. The Kier molecular flexibility index (Phi) is 3.38. The van der Waals surface area contributed by atoms with E-state index in [4.69, 9.17) is 10.2 Å². The van der Waals surface area contributed by atoms with Gasteiger partial charge in [-0.2, -0.15) is 5.10 Å². The largest absolute Gasteiger partial charge is 0.419 e. The zero-order valence-corrected chi connectivity index (χ0v) is 12.4. The summed E-state index contributed by atoms with van der Waals surface area (Å²) in [7, 11) is 1.65. The Morgan fingerprint density at radius 3 is 2.91 bits per heavy atom. The summed E-state index contributed by atoms with van der Waals surface area (Å²) in [5.41, 5.74) is 7.90. The minimum atomic E-state index is -0.602. The van der Waals surface area contributed by atoms with Gasteiger partial charge in [-0.15, -0.1) is 12.6 Å². The van der Waals surface area contributed by atoms with Gasteiger partial charge in [0.25, 0.3) is 0 Å². The highest BCUT2D eigenvalue weighted by atomic mass is 32.1. The Bertz CT molecular complexity index is 964. The number of rotatable bonds is 3. The molecule has 0 saturated heterocycles. The number of primary amides is 1. The van der Waals surface area contributed by atoms with Crippen molar-refractivity contribution in [3.8, 4) is 11.1 Å². The van der Waals surface area contributed by atoms with E-state index in [1.807, 2.05) is 6.07 Å². The van der Waals surface area contributed by atoms with Crippen molar-refractivity contribution in [2.45, 2.75) is 0 Å². The lowest BCUT2D eigenvalue weighted by atomic mass is 10.1. The average molecular weight is 316 g/mol. The van der Waals surface area contributed by atoms with E-state index in [1.54, 1.807) is 31.6 Å². The number of fused-ring (bicyclic) bond motifs is 1. The third kappa shape index (κ3) is 2.44. The van der Waals surface area contributed by atoms with Crippen LogP contribution in [0.25, 0.3) is 27.3 Å². The van der Waals surface area contributed by atoms with Crippen LogP contribution in [0.5, 0.6) is 0 Å². The predicted octanol–water partition coefficient (Wildman–Crippen LogP) is 1.21. The first-order valence-corrected chi connectivity index (χ1v) is 6.75. The van der Waals surface area contributed by atoms with Crippen LogP contribution in [0.4, 0.5) is 0 Å². The number of nitrogens with zero attached hydrogens (tertiary/aromatic N) is 3. The van der Waals surface area contributed by atoms with Gasteiger partial charge in [-0.1, -0.05) is 6.07 Å². The van der Waals surface area contributed by atoms with E-state index in [0.29, 0.717) is 16.1 Å². The molecule has 2 N–H and O–H groups in total. The van der Waals surface area contributed by atoms with Crippen molar-refractivity contribution in [1.82, 2.24) is 14.3 Å². The third-order valence-electron chi connectivity index (χ3n) is 3.21. The fourth-order valence-corrected chi connectivity index (χ4v) is 2.34. The van der Waals surface area contributed by atoms with Crippen LogP contribution >= 0.6 is 12.6 Å². The van der Waals surface area contributed by atoms with Crippen molar-refractivity contribution >= 4 is 34.7 Å². The van der Waals surface area contributed by atoms with Gasteiger partial charge in [-0.3, -0.25) is 9.36 Å². The van der Waals surface area contributed by atoms with Gasteiger partial charge in [0.05, 0.1) is 16.7 Å². The van der Waals surface area contributed by atoms with E-state index in [9.17, 15) is 9.59 Å². The van der Waals surface area contributed by atoms with Crippen LogP contribution in [-0.2, 0) is 11.8 Å². The Balaban J connectivity index is 2.03. The van der Waals surface area contributed by atoms with Gasteiger partial charge in [0, 0.05) is 24.9 Å². The first-order valence-electron chi connectivity index (χ1n) is 6.31. The first kappa shape index (κ1) is 14.2. The summed E-state index contributed by atoms with van der Waals surface area (Å²) >= 11 is 4.16. The summed E-state index contributed by atoms with van der Waals surface area (Å²) in [6.07, 6.45) is 4.48. The maximum absolute atomic E-state index is 11.5. The molecule has 0 fully saturated rings. The average Bonchev–Trinajstić information content (AvgIpc) is 3.04. The zero-order chi connectivity index (χ0) is 15.9. The number of aryl methyl sites for hydroxylation is 1. The summed E-state index contributed by atoms with van der Waals surface area (Å²) < 4.78 is 8.02. The molecule has 3 aromatic rings. The number of aromatic nitrogens is 3. The number of hydrogen-bond acceptors (Lipinski definition) is 5. The molecule has 0 unspecified atom stereocenters. The molecule has 0 bridgehead atoms. The molecule has 7 nitrogen and oxygen atoms in total. The summed E-state index contributed by atoms with van der Waals surface area (Å²) in [4.78, 5) is 22.4. The molecule has 0 spiro atoms. The summed E-state index contributed by atoms with van der Waals surface area (Å²) in [6.45, 7) is 0. The number of hydrogen-bond donors (Lipinski definition) is 2. The van der Waals surface area contributed by atoms with E-state index in [2.05, 4.69) is 17.7 Å². The number of carbonyl (C=O) groups excluding carboxylic acids is 1. The second kappa shape index (κ2) is 5.23. The van der Waals surface area contributed by atoms with Crippen molar-refractivity contribution in [2.75, 3.05) is 0 Å². The topological polar surface area (TPSA) is 96.1 Å². The first-order chi connectivity index (χ1) is 10.5. The maximum Gasteiger partial charge on any atom is 0.419 e. The standard InChI is InChI=1S/C14H12N4O3S/c1-17-10-3-2-8(4-11(10)21-14(17)20)9-6-16-18(7-9)13(22)5-12(15)19/h2-7,22H,1H3,(H2,15,19)/b13-5-. The van der Waals surface area contributed by atoms with Crippen molar-refractivity contribution < 1.29 is 9.21 Å². The van der Waals surface area contributed by atoms with Gasteiger partial charge in [-0.25, -0.2) is 9.48 Å². The zero-order valence-electron chi connectivity index (χ0n) is 11.6.